The lowest BCUT2D eigenvalue weighted by atomic mass is 10.1. The Morgan fingerprint density at radius 2 is 1.72 bits per heavy atom. The first kappa shape index (κ1) is 17.1. The molecule has 1 amide bonds. The minimum atomic E-state index is -0.295. The van der Waals surface area contributed by atoms with Crippen molar-refractivity contribution in [3.05, 3.63) is 42.4 Å². The first-order valence-electron chi connectivity index (χ1n) is 8.49. The molecule has 0 spiro atoms. The van der Waals surface area contributed by atoms with E-state index in [-0.39, 0.29) is 11.4 Å². The molecule has 0 aliphatic carbocycles. The van der Waals surface area contributed by atoms with Crippen molar-refractivity contribution in [1.29, 1.82) is 0 Å². The molecule has 1 saturated heterocycles. The van der Waals surface area contributed by atoms with Crippen molar-refractivity contribution < 1.29 is 4.79 Å². The fourth-order valence-corrected chi connectivity index (χ4v) is 2.71. The van der Waals surface area contributed by atoms with Crippen molar-refractivity contribution in [1.82, 2.24) is 20.3 Å². The van der Waals surface area contributed by atoms with Gasteiger partial charge in [-0.3, -0.25) is 4.79 Å². The lowest BCUT2D eigenvalue weighted by Gasteiger charge is -2.35. The Hall–Kier alpha value is -2.70. The minimum absolute atomic E-state index is 0.178. The van der Waals surface area contributed by atoms with Gasteiger partial charge in [0.05, 0.1) is 0 Å². The van der Waals surface area contributed by atoms with Crippen LogP contribution in [0.2, 0.25) is 0 Å². The van der Waals surface area contributed by atoms with Gasteiger partial charge in [0.25, 0.3) is 5.91 Å². The average Bonchev–Trinajstić information content (AvgIpc) is 2.61. The maximum Gasteiger partial charge on any atom is 0.270 e. The predicted molar refractivity (Wildman–Crippen MR) is 97.9 cm³/mol. The molecule has 7 heteroatoms. The van der Waals surface area contributed by atoms with Crippen LogP contribution in [0.3, 0.4) is 0 Å². The lowest BCUT2D eigenvalue weighted by Crippen LogP contribution is -2.47. The Bertz CT molecular complexity index is 720. The largest absolute Gasteiger partial charge is 0.353 e. The van der Waals surface area contributed by atoms with Crippen molar-refractivity contribution in [3.63, 3.8) is 0 Å². The molecule has 0 radical (unpaired) electrons. The zero-order chi connectivity index (χ0) is 17.9. The van der Waals surface area contributed by atoms with Gasteiger partial charge in [-0.05, 0) is 39.0 Å². The van der Waals surface area contributed by atoms with Crippen LogP contribution in [0.25, 0.3) is 0 Å². The Balaban J connectivity index is 1.66. The van der Waals surface area contributed by atoms with Gasteiger partial charge in [-0.1, -0.05) is 6.07 Å². The molecule has 3 heterocycles. The summed E-state index contributed by atoms with van der Waals surface area (Å²) in [7, 11) is 0. The Morgan fingerprint density at radius 3 is 2.36 bits per heavy atom. The van der Waals surface area contributed by atoms with E-state index in [1.165, 1.54) is 0 Å². The van der Waals surface area contributed by atoms with E-state index < -0.39 is 0 Å². The Morgan fingerprint density at radius 1 is 1.00 bits per heavy atom. The highest BCUT2D eigenvalue weighted by Crippen LogP contribution is 2.16. The summed E-state index contributed by atoms with van der Waals surface area (Å²) < 4.78 is 0. The summed E-state index contributed by atoms with van der Waals surface area (Å²) >= 11 is 0. The SMILES string of the molecule is CC(C)(C)NC(=O)c1ccnc(N2CCN(c3ccccn3)CC2)n1. The van der Waals surface area contributed by atoms with Gasteiger partial charge < -0.3 is 15.1 Å². The molecule has 25 heavy (non-hydrogen) atoms. The Kier molecular flexibility index (Phi) is 4.83. The molecule has 0 bridgehead atoms. The summed E-state index contributed by atoms with van der Waals surface area (Å²) in [5.41, 5.74) is 0.100. The summed E-state index contributed by atoms with van der Waals surface area (Å²) in [6.45, 7) is 9.12. The van der Waals surface area contributed by atoms with Crippen LogP contribution in [-0.4, -0.2) is 52.6 Å². The zero-order valence-corrected chi connectivity index (χ0v) is 14.9. The monoisotopic (exact) mass is 340 g/mol. The van der Waals surface area contributed by atoms with Gasteiger partial charge in [-0.15, -0.1) is 0 Å². The van der Waals surface area contributed by atoms with E-state index in [1.807, 2.05) is 45.2 Å². The molecule has 132 valence electrons. The predicted octanol–water partition coefficient (Wildman–Crippen LogP) is 1.73. The van der Waals surface area contributed by atoms with E-state index in [1.54, 1.807) is 12.3 Å². The van der Waals surface area contributed by atoms with Crippen LogP contribution in [0, 0.1) is 0 Å². The number of pyridine rings is 1. The molecule has 1 aliphatic rings. The van der Waals surface area contributed by atoms with E-state index in [9.17, 15) is 4.79 Å². The summed E-state index contributed by atoms with van der Waals surface area (Å²) in [6.07, 6.45) is 3.45. The molecule has 3 rings (SSSR count). The van der Waals surface area contributed by atoms with Crippen molar-refractivity contribution >= 4 is 17.7 Å². The number of aromatic nitrogens is 3. The maximum atomic E-state index is 12.3. The second kappa shape index (κ2) is 7.04. The summed E-state index contributed by atoms with van der Waals surface area (Å²) in [5.74, 6) is 1.41. The van der Waals surface area contributed by atoms with Gasteiger partial charge in [0.1, 0.15) is 11.5 Å². The fourth-order valence-electron chi connectivity index (χ4n) is 2.71. The zero-order valence-electron chi connectivity index (χ0n) is 14.9. The number of hydrogen-bond donors (Lipinski definition) is 1. The summed E-state index contributed by atoms with van der Waals surface area (Å²) in [5, 5.41) is 2.93. The van der Waals surface area contributed by atoms with Gasteiger partial charge in [0.2, 0.25) is 5.95 Å². The number of carbonyl (C=O) groups is 1. The molecule has 0 saturated carbocycles. The quantitative estimate of drug-likeness (QED) is 0.917. The normalized spacial score (nSPS) is 15.2. The molecule has 0 atom stereocenters. The molecular formula is C18H24N6O. The van der Waals surface area contributed by atoms with Gasteiger partial charge in [-0.2, -0.15) is 0 Å². The van der Waals surface area contributed by atoms with Gasteiger partial charge >= 0.3 is 0 Å². The molecular weight excluding hydrogens is 316 g/mol. The van der Waals surface area contributed by atoms with Gasteiger partial charge in [0.15, 0.2) is 0 Å². The third-order valence-corrected chi connectivity index (χ3v) is 3.90. The van der Waals surface area contributed by atoms with Crippen LogP contribution in [0.4, 0.5) is 11.8 Å². The first-order chi connectivity index (χ1) is 11.9. The number of nitrogens with one attached hydrogen (secondary N) is 1. The number of rotatable bonds is 3. The van der Waals surface area contributed by atoms with E-state index in [2.05, 4.69) is 30.1 Å². The number of amides is 1. The molecule has 1 aliphatic heterocycles. The molecule has 7 nitrogen and oxygen atoms in total. The average molecular weight is 340 g/mol. The van der Waals surface area contributed by atoms with Crippen LogP contribution in [0.1, 0.15) is 31.3 Å². The molecule has 2 aromatic heterocycles. The topological polar surface area (TPSA) is 74.2 Å². The van der Waals surface area contributed by atoms with E-state index >= 15 is 0 Å². The van der Waals surface area contributed by atoms with Gasteiger partial charge in [0, 0.05) is 44.1 Å². The number of nitrogens with zero attached hydrogens (tertiary/aromatic N) is 5. The number of carbonyl (C=O) groups excluding carboxylic acids is 1. The minimum Gasteiger partial charge on any atom is -0.353 e. The standard InChI is InChI=1S/C18H24N6O/c1-18(2,3)22-16(25)14-7-9-20-17(21-14)24-12-10-23(11-13-24)15-6-4-5-8-19-15/h4-9H,10-13H2,1-3H3,(H,22,25). The smallest absolute Gasteiger partial charge is 0.270 e. The number of hydrogen-bond acceptors (Lipinski definition) is 6. The molecule has 1 N–H and O–H groups in total. The first-order valence-corrected chi connectivity index (χ1v) is 8.49. The number of anilines is 2. The van der Waals surface area contributed by atoms with Crippen LogP contribution in [-0.2, 0) is 0 Å². The summed E-state index contributed by atoms with van der Waals surface area (Å²) in [6, 6.07) is 7.58. The van der Waals surface area contributed by atoms with E-state index in [4.69, 9.17) is 0 Å². The highest BCUT2D eigenvalue weighted by molar-refractivity contribution is 5.92. The highest BCUT2D eigenvalue weighted by Gasteiger charge is 2.22. The van der Waals surface area contributed by atoms with E-state index in [0.717, 1.165) is 32.0 Å². The van der Waals surface area contributed by atoms with Crippen molar-refractivity contribution in [2.75, 3.05) is 36.0 Å². The van der Waals surface area contributed by atoms with Crippen molar-refractivity contribution in [3.8, 4) is 0 Å². The number of piperazine rings is 1. The Labute approximate surface area is 148 Å². The fraction of sp³-hybridized carbons (Fsp3) is 0.444. The third-order valence-electron chi connectivity index (χ3n) is 3.90. The second-order valence-electron chi connectivity index (χ2n) is 7.11. The maximum absolute atomic E-state index is 12.3. The molecule has 0 unspecified atom stereocenters. The molecule has 0 aromatic carbocycles. The van der Waals surface area contributed by atoms with E-state index in [0.29, 0.717) is 11.6 Å². The van der Waals surface area contributed by atoms with Crippen molar-refractivity contribution in [2.45, 2.75) is 26.3 Å². The van der Waals surface area contributed by atoms with Crippen LogP contribution < -0.4 is 15.1 Å². The highest BCUT2D eigenvalue weighted by atomic mass is 16.2. The van der Waals surface area contributed by atoms with Crippen LogP contribution in [0.15, 0.2) is 36.7 Å². The van der Waals surface area contributed by atoms with Crippen LogP contribution in [0.5, 0.6) is 0 Å². The molecule has 2 aromatic rings. The second-order valence-corrected chi connectivity index (χ2v) is 7.11. The molecule has 1 fully saturated rings. The van der Waals surface area contributed by atoms with Crippen molar-refractivity contribution in [2.24, 2.45) is 0 Å². The lowest BCUT2D eigenvalue weighted by molar-refractivity contribution is 0.0914. The summed E-state index contributed by atoms with van der Waals surface area (Å²) in [4.78, 5) is 29.8. The van der Waals surface area contributed by atoms with Crippen LogP contribution >= 0.6 is 0 Å². The third kappa shape index (κ3) is 4.43. The van der Waals surface area contributed by atoms with Gasteiger partial charge in [-0.25, -0.2) is 15.0 Å².